The number of aryl methyl sites for hydroxylation is 1. The summed E-state index contributed by atoms with van der Waals surface area (Å²) in [6.07, 6.45) is 5.21. The summed E-state index contributed by atoms with van der Waals surface area (Å²) >= 11 is 4.83. The van der Waals surface area contributed by atoms with E-state index in [1.54, 1.807) is 24.3 Å². The summed E-state index contributed by atoms with van der Waals surface area (Å²) in [6.45, 7) is -0.253. The molecule has 0 radical (unpaired) electrons. The Morgan fingerprint density at radius 3 is 2.61 bits per heavy atom. The first kappa shape index (κ1) is 26.9. The molecular formula is C28H23BrN4O4S. The van der Waals surface area contributed by atoms with Gasteiger partial charge in [-0.25, -0.2) is 0 Å². The molecule has 38 heavy (non-hydrogen) atoms. The van der Waals surface area contributed by atoms with Crippen LogP contribution in [-0.2, 0) is 22.4 Å². The largest absolute Gasteiger partial charge is 0.493 e. The molecule has 2 amide bonds. The van der Waals surface area contributed by atoms with Gasteiger partial charge in [0.05, 0.1) is 17.1 Å². The van der Waals surface area contributed by atoms with Gasteiger partial charge in [0.25, 0.3) is 11.8 Å². The molecule has 0 saturated heterocycles. The van der Waals surface area contributed by atoms with Gasteiger partial charge in [0.1, 0.15) is 22.7 Å². The van der Waals surface area contributed by atoms with Gasteiger partial charge < -0.3 is 20.1 Å². The Hall–Kier alpha value is -4.12. The minimum Gasteiger partial charge on any atom is -0.493 e. The van der Waals surface area contributed by atoms with Crippen molar-refractivity contribution in [2.75, 3.05) is 24.4 Å². The van der Waals surface area contributed by atoms with Crippen molar-refractivity contribution in [2.24, 2.45) is 0 Å². The predicted octanol–water partition coefficient (Wildman–Crippen LogP) is 5.83. The number of nitrogens with zero attached hydrogens (tertiary/aromatic N) is 2. The highest BCUT2D eigenvalue weighted by Gasteiger charge is 2.23. The summed E-state index contributed by atoms with van der Waals surface area (Å²) in [7, 11) is 1.45. The lowest BCUT2D eigenvalue weighted by atomic mass is 9.96. The summed E-state index contributed by atoms with van der Waals surface area (Å²) in [4.78, 5) is 26.3. The SMILES string of the molecule is COc1cc(/C=C(\C#N)C(=O)Nc2sc3c(c2C#N)CCCC3)cc(Br)c1OCC(=O)Nc1ccccc1. The summed E-state index contributed by atoms with van der Waals surface area (Å²) in [5, 5.41) is 25.3. The molecule has 1 aliphatic carbocycles. The predicted molar refractivity (Wildman–Crippen MR) is 149 cm³/mol. The van der Waals surface area contributed by atoms with Crippen LogP contribution in [0.5, 0.6) is 11.5 Å². The van der Waals surface area contributed by atoms with Crippen LogP contribution in [0.2, 0.25) is 0 Å². The van der Waals surface area contributed by atoms with E-state index in [1.807, 2.05) is 24.3 Å². The normalized spacial score (nSPS) is 12.5. The molecule has 2 N–H and O–H groups in total. The van der Waals surface area contributed by atoms with Crippen LogP contribution in [0.3, 0.4) is 0 Å². The second-order valence-corrected chi connectivity index (χ2v) is 10.3. The molecule has 10 heteroatoms. The van der Waals surface area contributed by atoms with E-state index in [-0.39, 0.29) is 18.1 Å². The standard InChI is InChI=1S/C28H23BrN4O4S/c1-36-23-13-17(12-22(29)26(23)37-16-25(34)32-19-7-3-2-4-8-19)11-18(14-30)27(35)33-28-21(15-31)20-9-5-6-10-24(20)38-28/h2-4,7-8,11-13H,5-6,9-10,16H2,1H3,(H,32,34)(H,33,35)/b18-11+. The molecule has 0 aliphatic heterocycles. The van der Waals surface area contributed by atoms with Crippen LogP contribution < -0.4 is 20.1 Å². The second kappa shape index (κ2) is 12.4. The molecule has 3 aromatic rings. The fourth-order valence-corrected chi connectivity index (χ4v) is 5.89. The molecule has 1 heterocycles. The Morgan fingerprint density at radius 2 is 1.89 bits per heavy atom. The number of carbonyl (C=O) groups excluding carboxylic acids is 2. The molecule has 192 valence electrons. The highest BCUT2D eigenvalue weighted by atomic mass is 79.9. The Kier molecular flexibility index (Phi) is 8.80. The number of hydrogen-bond acceptors (Lipinski definition) is 7. The molecule has 0 atom stereocenters. The Balaban J connectivity index is 1.50. The van der Waals surface area contributed by atoms with E-state index in [1.165, 1.54) is 24.5 Å². The minimum absolute atomic E-state index is 0.134. The topological polar surface area (TPSA) is 124 Å². The van der Waals surface area contributed by atoms with Crippen LogP contribution in [-0.4, -0.2) is 25.5 Å². The fourth-order valence-electron chi connectivity index (χ4n) is 4.08. The maximum Gasteiger partial charge on any atom is 0.266 e. The maximum atomic E-state index is 12.9. The van der Waals surface area contributed by atoms with Gasteiger partial charge in [-0.05, 0) is 83.1 Å². The van der Waals surface area contributed by atoms with E-state index in [9.17, 15) is 20.1 Å². The lowest BCUT2D eigenvalue weighted by Crippen LogP contribution is -2.20. The van der Waals surface area contributed by atoms with Crippen molar-refractivity contribution in [1.82, 2.24) is 0 Å². The number of rotatable bonds is 8. The molecular weight excluding hydrogens is 568 g/mol. The number of benzene rings is 2. The van der Waals surface area contributed by atoms with Gasteiger partial charge in [-0.2, -0.15) is 10.5 Å². The van der Waals surface area contributed by atoms with E-state index in [4.69, 9.17) is 9.47 Å². The van der Waals surface area contributed by atoms with Crippen LogP contribution in [0.15, 0.2) is 52.5 Å². The summed E-state index contributed by atoms with van der Waals surface area (Å²) in [5.74, 6) is -0.327. The average Bonchev–Trinajstić information content (AvgIpc) is 3.28. The molecule has 1 aliphatic rings. The monoisotopic (exact) mass is 590 g/mol. The first-order valence-electron chi connectivity index (χ1n) is 11.8. The van der Waals surface area contributed by atoms with E-state index in [0.717, 1.165) is 36.1 Å². The molecule has 0 fully saturated rings. The summed E-state index contributed by atoms with van der Waals surface area (Å²) < 4.78 is 11.6. The molecule has 0 saturated carbocycles. The first-order valence-corrected chi connectivity index (χ1v) is 13.4. The van der Waals surface area contributed by atoms with Crippen LogP contribution in [0, 0.1) is 22.7 Å². The van der Waals surface area contributed by atoms with Crippen molar-refractivity contribution in [2.45, 2.75) is 25.7 Å². The van der Waals surface area contributed by atoms with Crippen LogP contribution in [0.1, 0.15) is 34.4 Å². The Morgan fingerprint density at radius 1 is 1.13 bits per heavy atom. The van der Waals surface area contributed by atoms with Gasteiger partial charge in [-0.15, -0.1) is 11.3 Å². The molecule has 0 unspecified atom stereocenters. The van der Waals surface area contributed by atoms with Crippen molar-refractivity contribution in [3.8, 4) is 23.6 Å². The molecule has 2 aromatic carbocycles. The van der Waals surface area contributed by atoms with Gasteiger partial charge in [0.15, 0.2) is 18.1 Å². The van der Waals surface area contributed by atoms with Crippen molar-refractivity contribution >= 4 is 55.8 Å². The number of hydrogen-bond donors (Lipinski definition) is 2. The smallest absolute Gasteiger partial charge is 0.266 e. The van der Waals surface area contributed by atoms with Crippen molar-refractivity contribution in [3.63, 3.8) is 0 Å². The molecule has 4 rings (SSSR count). The van der Waals surface area contributed by atoms with Gasteiger partial charge in [0, 0.05) is 10.6 Å². The number of anilines is 2. The number of nitrogens with one attached hydrogen (secondary N) is 2. The number of methoxy groups -OCH3 is 1. The van der Waals surface area contributed by atoms with Gasteiger partial charge in [0.2, 0.25) is 0 Å². The third-order valence-electron chi connectivity index (χ3n) is 5.84. The molecule has 0 bridgehead atoms. The summed E-state index contributed by atoms with van der Waals surface area (Å²) in [5.41, 5.74) is 2.51. The van der Waals surface area contributed by atoms with Crippen LogP contribution in [0.25, 0.3) is 6.08 Å². The van der Waals surface area contributed by atoms with E-state index in [0.29, 0.717) is 37.8 Å². The first-order chi connectivity index (χ1) is 18.4. The Labute approximate surface area is 232 Å². The third kappa shape index (κ3) is 6.23. The number of ether oxygens (including phenoxy) is 2. The number of para-hydroxylation sites is 1. The lowest BCUT2D eigenvalue weighted by molar-refractivity contribution is -0.118. The highest BCUT2D eigenvalue weighted by Crippen LogP contribution is 2.39. The zero-order valence-corrected chi connectivity index (χ0v) is 22.9. The molecule has 0 spiro atoms. The van der Waals surface area contributed by atoms with Crippen molar-refractivity contribution in [1.29, 1.82) is 10.5 Å². The molecule has 8 nitrogen and oxygen atoms in total. The number of amides is 2. The fraction of sp³-hybridized carbons (Fsp3) is 0.214. The number of thiophene rings is 1. The zero-order valence-electron chi connectivity index (χ0n) is 20.5. The van der Waals surface area contributed by atoms with Crippen molar-refractivity contribution < 1.29 is 19.1 Å². The van der Waals surface area contributed by atoms with Gasteiger partial charge in [-0.3, -0.25) is 9.59 Å². The average molecular weight is 591 g/mol. The zero-order chi connectivity index (χ0) is 27.1. The van der Waals surface area contributed by atoms with Crippen LogP contribution in [0.4, 0.5) is 10.7 Å². The molecule has 1 aromatic heterocycles. The highest BCUT2D eigenvalue weighted by molar-refractivity contribution is 9.10. The van der Waals surface area contributed by atoms with E-state index in [2.05, 4.69) is 32.6 Å². The lowest BCUT2D eigenvalue weighted by Gasteiger charge is -2.14. The number of carbonyl (C=O) groups is 2. The Bertz CT molecular complexity index is 1490. The van der Waals surface area contributed by atoms with Crippen LogP contribution >= 0.6 is 27.3 Å². The summed E-state index contributed by atoms with van der Waals surface area (Å²) in [6, 6.07) is 16.4. The van der Waals surface area contributed by atoms with Crippen molar-refractivity contribution in [3.05, 3.63) is 74.1 Å². The second-order valence-electron chi connectivity index (χ2n) is 8.39. The quantitative estimate of drug-likeness (QED) is 0.251. The van der Waals surface area contributed by atoms with Gasteiger partial charge in [-0.1, -0.05) is 18.2 Å². The van der Waals surface area contributed by atoms with E-state index < -0.39 is 5.91 Å². The minimum atomic E-state index is -0.601. The number of nitriles is 2. The van der Waals surface area contributed by atoms with E-state index >= 15 is 0 Å². The maximum absolute atomic E-state index is 12.9. The number of halogens is 1. The van der Waals surface area contributed by atoms with Gasteiger partial charge >= 0.3 is 0 Å². The number of fused-ring (bicyclic) bond motifs is 1. The third-order valence-corrected chi connectivity index (χ3v) is 7.64.